The highest BCUT2D eigenvalue weighted by molar-refractivity contribution is 5.15. The molecule has 0 amide bonds. The molecule has 0 spiro atoms. The molecule has 126 valence electrons. The monoisotopic (exact) mass is 306 g/mol. The normalized spacial score (nSPS) is 47.6. The second-order valence-electron chi connectivity index (χ2n) is 8.59. The molecule has 2 nitrogen and oxygen atoms in total. The molecule has 2 rings (SSSR count). The minimum atomic E-state index is -0.800. The summed E-state index contributed by atoms with van der Waals surface area (Å²) >= 11 is 0. The summed E-state index contributed by atoms with van der Waals surface area (Å²) in [7, 11) is 0. The molecule has 7 atom stereocenters. The molecule has 0 aromatic rings. The van der Waals surface area contributed by atoms with Crippen molar-refractivity contribution in [1.29, 1.82) is 0 Å². The van der Waals surface area contributed by atoms with Crippen molar-refractivity contribution in [2.75, 3.05) is 0 Å². The Morgan fingerprint density at radius 2 is 2.00 bits per heavy atom. The van der Waals surface area contributed by atoms with Gasteiger partial charge in [-0.05, 0) is 55.8 Å². The van der Waals surface area contributed by atoms with Crippen molar-refractivity contribution in [3.63, 3.8) is 0 Å². The number of hydrogen-bond donors (Lipinski definition) is 2. The van der Waals surface area contributed by atoms with Gasteiger partial charge in [-0.25, -0.2) is 0 Å². The summed E-state index contributed by atoms with van der Waals surface area (Å²) < 4.78 is 0. The smallest absolute Gasteiger partial charge is 0.0797 e. The third-order valence-corrected chi connectivity index (χ3v) is 7.35. The SMILES string of the molecule is C=CC(C)(O)CC[C@]1(C)[C@H](C)C[C@@H](O)[C@@]2(C)[C@@H](C)C=CC[C@@H]12. The molecule has 0 heterocycles. The first kappa shape index (κ1) is 17.7. The van der Waals surface area contributed by atoms with E-state index in [0.717, 1.165) is 25.7 Å². The average molecular weight is 306 g/mol. The van der Waals surface area contributed by atoms with Gasteiger partial charge in [-0.1, -0.05) is 45.9 Å². The molecule has 2 N–H and O–H groups in total. The zero-order valence-corrected chi connectivity index (χ0v) is 15.0. The molecule has 2 aliphatic carbocycles. The molecule has 0 aromatic heterocycles. The van der Waals surface area contributed by atoms with E-state index in [9.17, 15) is 10.2 Å². The van der Waals surface area contributed by atoms with Gasteiger partial charge in [0.15, 0.2) is 0 Å². The van der Waals surface area contributed by atoms with Gasteiger partial charge >= 0.3 is 0 Å². The zero-order chi connectivity index (χ0) is 16.8. The van der Waals surface area contributed by atoms with Crippen molar-refractivity contribution in [3.05, 3.63) is 24.8 Å². The van der Waals surface area contributed by atoms with Gasteiger partial charge in [0.1, 0.15) is 0 Å². The lowest BCUT2D eigenvalue weighted by Crippen LogP contribution is -2.58. The lowest BCUT2D eigenvalue weighted by Gasteiger charge is -2.61. The van der Waals surface area contributed by atoms with E-state index < -0.39 is 5.60 Å². The summed E-state index contributed by atoms with van der Waals surface area (Å²) in [6.45, 7) is 14.8. The van der Waals surface area contributed by atoms with Crippen molar-refractivity contribution < 1.29 is 10.2 Å². The Balaban J connectivity index is 2.33. The zero-order valence-electron chi connectivity index (χ0n) is 15.0. The van der Waals surface area contributed by atoms with Gasteiger partial charge in [0.05, 0.1) is 11.7 Å². The van der Waals surface area contributed by atoms with E-state index >= 15 is 0 Å². The molecule has 2 heteroatoms. The fourth-order valence-corrected chi connectivity index (χ4v) is 4.96. The first-order chi connectivity index (χ1) is 10.1. The van der Waals surface area contributed by atoms with E-state index in [-0.39, 0.29) is 16.9 Å². The molecule has 22 heavy (non-hydrogen) atoms. The van der Waals surface area contributed by atoms with Crippen molar-refractivity contribution in [2.24, 2.45) is 28.6 Å². The second kappa shape index (κ2) is 5.79. The fourth-order valence-electron chi connectivity index (χ4n) is 4.96. The third kappa shape index (κ3) is 2.69. The summed E-state index contributed by atoms with van der Waals surface area (Å²) in [4.78, 5) is 0. The van der Waals surface area contributed by atoms with Gasteiger partial charge < -0.3 is 10.2 Å². The lowest BCUT2D eigenvalue weighted by atomic mass is 9.45. The van der Waals surface area contributed by atoms with Crippen LogP contribution in [0.2, 0.25) is 0 Å². The second-order valence-corrected chi connectivity index (χ2v) is 8.59. The molecule has 1 unspecified atom stereocenters. The van der Waals surface area contributed by atoms with Crippen LogP contribution in [0, 0.1) is 28.6 Å². The van der Waals surface area contributed by atoms with Crippen LogP contribution in [0.4, 0.5) is 0 Å². The van der Waals surface area contributed by atoms with Crippen molar-refractivity contribution >= 4 is 0 Å². The highest BCUT2D eigenvalue weighted by Crippen LogP contribution is 2.61. The number of rotatable bonds is 4. The molecule has 0 aliphatic heterocycles. The number of aliphatic hydroxyl groups is 2. The van der Waals surface area contributed by atoms with Gasteiger partial charge in [0.25, 0.3) is 0 Å². The summed E-state index contributed by atoms with van der Waals surface area (Å²) in [5.74, 6) is 1.31. The van der Waals surface area contributed by atoms with Crippen LogP contribution in [0.15, 0.2) is 24.8 Å². The Labute approximate surface area is 136 Å². The van der Waals surface area contributed by atoms with Gasteiger partial charge in [-0.3, -0.25) is 0 Å². The maximum Gasteiger partial charge on any atom is 0.0797 e. The number of hydrogen-bond acceptors (Lipinski definition) is 2. The van der Waals surface area contributed by atoms with E-state index in [1.54, 1.807) is 6.08 Å². The van der Waals surface area contributed by atoms with Gasteiger partial charge in [-0.15, -0.1) is 6.58 Å². The summed E-state index contributed by atoms with van der Waals surface area (Å²) in [5.41, 5.74) is -0.721. The molecular weight excluding hydrogens is 272 g/mol. The van der Waals surface area contributed by atoms with Crippen LogP contribution >= 0.6 is 0 Å². The van der Waals surface area contributed by atoms with Crippen LogP contribution in [0.25, 0.3) is 0 Å². The van der Waals surface area contributed by atoms with Gasteiger partial charge in [0, 0.05) is 5.41 Å². The Morgan fingerprint density at radius 1 is 1.36 bits per heavy atom. The standard InChI is InChI=1S/C20H34O2/c1-7-18(4,22)11-12-19(5)15(3)13-17(21)20(6)14(2)9-8-10-16(19)20/h7-9,14-17,21-22H,1,10-13H2,2-6H3/t14-,15+,16-,17+,18?,19+,20-/m0/s1. The molecule has 2 aliphatic rings. The number of aliphatic hydroxyl groups excluding tert-OH is 1. The van der Waals surface area contributed by atoms with Gasteiger partial charge in [-0.2, -0.15) is 0 Å². The number of fused-ring (bicyclic) bond motifs is 1. The quantitative estimate of drug-likeness (QED) is 0.759. The van der Waals surface area contributed by atoms with Crippen molar-refractivity contribution in [1.82, 2.24) is 0 Å². The first-order valence-corrected chi connectivity index (χ1v) is 8.78. The first-order valence-electron chi connectivity index (χ1n) is 8.78. The minimum absolute atomic E-state index is 0.0595. The largest absolute Gasteiger partial charge is 0.393 e. The van der Waals surface area contributed by atoms with E-state index in [4.69, 9.17) is 0 Å². The lowest BCUT2D eigenvalue weighted by molar-refractivity contribution is -0.157. The van der Waals surface area contributed by atoms with Crippen LogP contribution in [0.5, 0.6) is 0 Å². The molecule has 0 aromatic carbocycles. The van der Waals surface area contributed by atoms with Crippen LogP contribution < -0.4 is 0 Å². The predicted octanol–water partition coefficient (Wildman–Crippen LogP) is 4.33. The maximum absolute atomic E-state index is 10.8. The van der Waals surface area contributed by atoms with Gasteiger partial charge in [0.2, 0.25) is 0 Å². The number of allylic oxidation sites excluding steroid dienone is 2. The van der Waals surface area contributed by atoms with Crippen molar-refractivity contribution in [3.8, 4) is 0 Å². The van der Waals surface area contributed by atoms with E-state index in [0.29, 0.717) is 17.8 Å². The molecule has 1 fully saturated rings. The summed E-state index contributed by atoms with van der Waals surface area (Å²) in [6, 6.07) is 0. The Hall–Kier alpha value is -0.600. The highest BCUT2D eigenvalue weighted by Gasteiger charge is 2.58. The van der Waals surface area contributed by atoms with E-state index in [1.807, 2.05) is 6.92 Å². The predicted molar refractivity (Wildman–Crippen MR) is 92.5 cm³/mol. The highest BCUT2D eigenvalue weighted by atomic mass is 16.3. The summed E-state index contributed by atoms with van der Waals surface area (Å²) in [5, 5.41) is 21.1. The summed E-state index contributed by atoms with van der Waals surface area (Å²) in [6.07, 6.45) is 9.59. The molecule has 0 radical (unpaired) electrons. The van der Waals surface area contributed by atoms with Crippen LogP contribution in [0.3, 0.4) is 0 Å². The van der Waals surface area contributed by atoms with Crippen LogP contribution in [-0.2, 0) is 0 Å². The average Bonchev–Trinajstić information content (AvgIpc) is 2.46. The fraction of sp³-hybridized carbons (Fsp3) is 0.800. The molecule has 0 saturated heterocycles. The Morgan fingerprint density at radius 3 is 2.59 bits per heavy atom. The molecule has 0 bridgehead atoms. The van der Waals surface area contributed by atoms with E-state index in [1.165, 1.54) is 0 Å². The topological polar surface area (TPSA) is 40.5 Å². The Kier molecular flexibility index (Phi) is 4.68. The minimum Gasteiger partial charge on any atom is -0.393 e. The molecule has 1 saturated carbocycles. The van der Waals surface area contributed by atoms with Crippen LogP contribution in [-0.4, -0.2) is 21.9 Å². The van der Waals surface area contributed by atoms with Crippen molar-refractivity contribution in [2.45, 2.75) is 72.0 Å². The Bertz CT molecular complexity index is 453. The third-order valence-electron chi connectivity index (χ3n) is 7.35. The maximum atomic E-state index is 10.8. The molecular formula is C20H34O2. The van der Waals surface area contributed by atoms with E-state index in [2.05, 4.69) is 46.4 Å². The van der Waals surface area contributed by atoms with Crippen LogP contribution in [0.1, 0.15) is 60.3 Å².